The number of hydrogen-bond acceptors (Lipinski definition) is 14. The standard InChI is InChI=1S/C20H36NO14P/c1-13(2)34-19(26)30-11-32-36(28,33-12-31-20(27)35-14(3)4)10-15(7-8-17(23)24)18(25)29-9-16(22)21(5)6/h13-15,17,23-24H,7-12H2,1-6H3. The summed E-state index contributed by atoms with van der Waals surface area (Å²) in [5.41, 5.74) is 0. The van der Waals surface area contributed by atoms with Crippen LogP contribution in [0.5, 0.6) is 0 Å². The Balaban J connectivity index is 5.46. The molecule has 1 atom stereocenters. The summed E-state index contributed by atoms with van der Waals surface area (Å²) in [5.74, 6) is -2.84. The topological polar surface area (TPSA) is 194 Å². The number of rotatable bonds is 16. The van der Waals surface area contributed by atoms with Gasteiger partial charge in [0.05, 0.1) is 24.3 Å². The van der Waals surface area contributed by atoms with Crippen LogP contribution in [0, 0.1) is 5.92 Å². The fraction of sp³-hybridized carbons (Fsp3) is 0.800. The van der Waals surface area contributed by atoms with Crippen molar-refractivity contribution in [3.63, 3.8) is 0 Å². The molecular weight excluding hydrogens is 509 g/mol. The summed E-state index contributed by atoms with van der Waals surface area (Å²) in [6.45, 7) is 3.82. The number of aliphatic hydroxyl groups excluding tert-OH is 1. The van der Waals surface area contributed by atoms with E-state index in [1.807, 2.05) is 0 Å². The number of nitrogens with zero attached hydrogens (tertiary/aromatic N) is 1. The molecule has 0 bridgehead atoms. The molecule has 0 radical (unpaired) electrons. The average Bonchev–Trinajstić information content (AvgIpc) is 2.73. The first-order chi connectivity index (χ1) is 16.6. The lowest BCUT2D eigenvalue weighted by atomic mass is 10.1. The van der Waals surface area contributed by atoms with E-state index in [2.05, 4.69) is 9.47 Å². The molecule has 0 fully saturated rings. The Morgan fingerprint density at radius 2 is 1.28 bits per heavy atom. The first kappa shape index (κ1) is 33.5. The summed E-state index contributed by atoms with van der Waals surface area (Å²) in [4.78, 5) is 48.6. The zero-order chi connectivity index (χ0) is 27.9. The van der Waals surface area contributed by atoms with Gasteiger partial charge in [0.2, 0.25) is 13.6 Å². The van der Waals surface area contributed by atoms with Crippen LogP contribution < -0.4 is 0 Å². The van der Waals surface area contributed by atoms with E-state index >= 15 is 0 Å². The van der Waals surface area contributed by atoms with Crippen molar-refractivity contribution in [1.82, 2.24) is 4.90 Å². The predicted octanol–water partition coefficient (Wildman–Crippen LogP) is 1.59. The van der Waals surface area contributed by atoms with E-state index in [0.29, 0.717) is 0 Å². The number of amides is 1. The molecule has 0 aromatic rings. The molecule has 0 aliphatic rings. The fourth-order valence-corrected chi connectivity index (χ4v) is 3.77. The Labute approximate surface area is 209 Å². The molecule has 0 spiro atoms. The van der Waals surface area contributed by atoms with E-state index in [1.165, 1.54) is 19.0 Å². The predicted molar refractivity (Wildman–Crippen MR) is 120 cm³/mol. The second kappa shape index (κ2) is 17.1. The summed E-state index contributed by atoms with van der Waals surface area (Å²) in [6.07, 6.45) is -6.35. The molecule has 210 valence electrons. The van der Waals surface area contributed by atoms with Crippen molar-refractivity contribution in [2.75, 3.05) is 40.5 Å². The van der Waals surface area contributed by atoms with Gasteiger partial charge in [0.1, 0.15) is 0 Å². The first-order valence-corrected chi connectivity index (χ1v) is 12.7. The lowest BCUT2D eigenvalue weighted by Crippen LogP contribution is -2.31. The number of aliphatic hydroxyl groups is 2. The minimum atomic E-state index is -4.36. The molecule has 0 aromatic carbocycles. The van der Waals surface area contributed by atoms with Crippen LogP contribution in [0.3, 0.4) is 0 Å². The van der Waals surface area contributed by atoms with E-state index in [9.17, 15) is 34.0 Å². The minimum Gasteiger partial charge on any atom is -0.455 e. The molecule has 15 nitrogen and oxygen atoms in total. The Morgan fingerprint density at radius 1 is 0.806 bits per heavy atom. The molecule has 0 saturated heterocycles. The number of esters is 1. The molecular formula is C20H36NO14P. The van der Waals surface area contributed by atoms with Crippen molar-refractivity contribution in [2.24, 2.45) is 5.92 Å². The van der Waals surface area contributed by atoms with Crippen molar-refractivity contribution < 1.29 is 66.7 Å². The SMILES string of the molecule is CC(C)OC(=O)OCOP(=O)(CC(CCC(O)O)C(=O)OCC(=O)N(C)C)OCOC(=O)OC(C)C. The van der Waals surface area contributed by atoms with Gasteiger partial charge in [-0.3, -0.25) is 23.2 Å². The molecule has 2 N–H and O–H groups in total. The van der Waals surface area contributed by atoms with E-state index < -0.39 is 82.6 Å². The van der Waals surface area contributed by atoms with Gasteiger partial charge in [0.15, 0.2) is 12.9 Å². The third-order valence-corrected chi connectivity index (χ3v) is 5.79. The van der Waals surface area contributed by atoms with Gasteiger partial charge >= 0.3 is 25.9 Å². The highest BCUT2D eigenvalue weighted by Gasteiger charge is 2.35. The van der Waals surface area contributed by atoms with Gasteiger partial charge in [-0.15, -0.1) is 0 Å². The Morgan fingerprint density at radius 3 is 1.67 bits per heavy atom. The van der Waals surface area contributed by atoms with Crippen LogP contribution in [-0.2, 0) is 46.9 Å². The highest BCUT2D eigenvalue weighted by molar-refractivity contribution is 7.53. The quantitative estimate of drug-likeness (QED) is 0.123. The Kier molecular flexibility index (Phi) is 15.9. The molecule has 1 amide bonds. The summed E-state index contributed by atoms with van der Waals surface area (Å²) >= 11 is 0. The largest absolute Gasteiger partial charge is 0.510 e. The number of carbonyl (C=O) groups excluding carboxylic acids is 4. The molecule has 0 aliphatic heterocycles. The second-order valence-electron chi connectivity index (χ2n) is 8.06. The van der Waals surface area contributed by atoms with Crippen molar-refractivity contribution >= 4 is 31.8 Å². The minimum absolute atomic E-state index is 0.254. The van der Waals surface area contributed by atoms with Crippen LogP contribution in [0.15, 0.2) is 0 Å². The van der Waals surface area contributed by atoms with Gasteiger partial charge in [0.25, 0.3) is 5.91 Å². The lowest BCUT2D eigenvalue weighted by molar-refractivity contribution is -0.155. The molecule has 16 heteroatoms. The summed E-state index contributed by atoms with van der Waals surface area (Å²) in [5, 5.41) is 18.4. The average molecular weight is 545 g/mol. The second-order valence-corrected chi connectivity index (χ2v) is 10.2. The maximum absolute atomic E-state index is 13.3. The monoisotopic (exact) mass is 545 g/mol. The summed E-state index contributed by atoms with van der Waals surface area (Å²) in [6, 6.07) is 0. The van der Waals surface area contributed by atoms with E-state index in [-0.39, 0.29) is 12.8 Å². The number of hydrogen-bond donors (Lipinski definition) is 2. The molecule has 0 aliphatic carbocycles. The van der Waals surface area contributed by atoms with Gasteiger partial charge in [0, 0.05) is 14.1 Å². The fourth-order valence-electron chi connectivity index (χ4n) is 2.19. The maximum atomic E-state index is 13.3. The van der Waals surface area contributed by atoms with E-state index in [4.69, 9.17) is 23.3 Å². The van der Waals surface area contributed by atoms with Crippen LogP contribution in [0.2, 0.25) is 0 Å². The molecule has 36 heavy (non-hydrogen) atoms. The third-order valence-electron chi connectivity index (χ3n) is 3.90. The van der Waals surface area contributed by atoms with Crippen LogP contribution in [0.4, 0.5) is 9.59 Å². The zero-order valence-corrected chi connectivity index (χ0v) is 22.1. The van der Waals surface area contributed by atoms with Gasteiger partial charge in [-0.1, -0.05) is 0 Å². The zero-order valence-electron chi connectivity index (χ0n) is 21.2. The molecule has 1 unspecified atom stereocenters. The first-order valence-electron chi connectivity index (χ1n) is 10.9. The third kappa shape index (κ3) is 16.3. The van der Waals surface area contributed by atoms with Crippen molar-refractivity contribution in [3.05, 3.63) is 0 Å². The highest BCUT2D eigenvalue weighted by Crippen LogP contribution is 2.50. The van der Waals surface area contributed by atoms with Gasteiger partial charge in [-0.2, -0.15) is 0 Å². The highest BCUT2D eigenvalue weighted by atomic mass is 31.2. The summed E-state index contributed by atoms with van der Waals surface area (Å²) < 4.78 is 47.2. The smallest absolute Gasteiger partial charge is 0.455 e. The van der Waals surface area contributed by atoms with Gasteiger partial charge in [-0.05, 0) is 40.5 Å². The normalized spacial score (nSPS) is 12.3. The number of likely N-dealkylation sites (N-methyl/N-ethyl adjacent to an activating group) is 1. The van der Waals surface area contributed by atoms with E-state index in [1.54, 1.807) is 27.7 Å². The van der Waals surface area contributed by atoms with Crippen LogP contribution >= 0.6 is 7.60 Å². The molecule has 0 saturated carbocycles. The van der Waals surface area contributed by atoms with Crippen molar-refractivity contribution in [3.8, 4) is 0 Å². The van der Waals surface area contributed by atoms with Crippen LogP contribution in [-0.4, -0.2) is 98.2 Å². The van der Waals surface area contributed by atoms with Crippen LogP contribution in [0.1, 0.15) is 40.5 Å². The maximum Gasteiger partial charge on any atom is 0.510 e. The van der Waals surface area contributed by atoms with Gasteiger partial charge < -0.3 is 38.8 Å². The number of carbonyl (C=O) groups is 4. The molecule has 0 heterocycles. The van der Waals surface area contributed by atoms with Gasteiger partial charge in [-0.25, -0.2) is 9.59 Å². The summed E-state index contributed by atoms with van der Waals surface area (Å²) in [7, 11) is -1.47. The van der Waals surface area contributed by atoms with Crippen LogP contribution in [0.25, 0.3) is 0 Å². The molecule has 0 rings (SSSR count). The van der Waals surface area contributed by atoms with Crippen molar-refractivity contribution in [1.29, 1.82) is 0 Å². The Hall–Kier alpha value is -2.45. The Bertz CT molecular complexity index is 723. The number of ether oxygens (including phenoxy) is 5. The van der Waals surface area contributed by atoms with E-state index in [0.717, 1.165) is 0 Å². The lowest BCUT2D eigenvalue weighted by Gasteiger charge is -2.23. The van der Waals surface area contributed by atoms with Crippen molar-refractivity contribution in [2.45, 2.75) is 59.0 Å². The molecule has 0 aromatic heterocycles.